The van der Waals surface area contributed by atoms with Gasteiger partial charge in [-0.3, -0.25) is 4.79 Å². The molecule has 0 saturated carbocycles. The van der Waals surface area contributed by atoms with Crippen LogP contribution in [0.25, 0.3) is 11.0 Å². The maximum atomic E-state index is 12.3. The van der Waals surface area contributed by atoms with Gasteiger partial charge < -0.3 is 14.2 Å². The molecule has 2 aromatic carbocycles. The molecule has 1 amide bonds. The predicted octanol–water partition coefficient (Wildman–Crippen LogP) is 2.33. The van der Waals surface area contributed by atoms with Crippen LogP contribution in [-0.4, -0.2) is 48.0 Å². The molecule has 3 aromatic rings. The van der Waals surface area contributed by atoms with E-state index in [1.54, 1.807) is 6.21 Å². The molecule has 1 aliphatic rings. The summed E-state index contributed by atoms with van der Waals surface area (Å²) in [5.41, 5.74) is 6.53. The van der Waals surface area contributed by atoms with Crippen molar-refractivity contribution in [1.82, 2.24) is 15.0 Å². The summed E-state index contributed by atoms with van der Waals surface area (Å²) in [5.74, 6) is 0.617. The highest BCUT2D eigenvalue weighted by Gasteiger charge is 2.11. The highest BCUT2D eigenvalue weighted by molar-refractivity contribution is 5.84. The van der Waals surface area contributed by atoms with Crippen LogP contribution in [-0.2, 0) is 16.1 Å². The third kappa shape index (κ3) is 4.04. The minimum absolute atomic E-state index is 0.180. The Labute approximate surface area is 163 Å². The lowest BCUT2D eigenvalue weighted by Gasteiger charge is -2.28. The largest absolute Gasteiger partial charge is 0.378 e. The minimum Gasteiger partial charge on any atom is -0.378 e. The Kier molecular flexibility index (Phi) is 5.34. The van der Waals surface area contributed by atoms with Crippen molar-refractivity contribution in [3.63, 3.8) is 0 Å². The van der Waals surface area contributed by atoms with Crippen LogP contribution in [0.3, 0.4) is 0 Å². The highest BCUT2D eigenvalue weighted by Crippen LogP contribution is 2.16. The summed E-state index contributed by atoms with van der Waals surface area (Å²) in [6, 6.07) is 15.9. The fourth-order valence-corrected chi connectivity index (χ4v) is 3.35. The number of hydrogen-bond acceptors (Lipinski definition) is 5. The fraction of sp³-hybridized carbons (Fsp3) is 0.286. The number of carbonyl (C=O) groups is 1. The van der Waals surface area contributed by atoms with Gasteiger partial charge in [-0.25, -0.2) is 10.4 Å². The average molecular weight is 377 g/mol. The summed E-state index contributed by atoms with van der Waals surface area (Å²) in [6.07, 6.45) is 1.65. The summed E-state index contributed by atoms with van der Waals surface area (Å²) >= 11 is 0. The smallest absolute Gasteiger partial charge is 0.260 e. The van der Waals surface area contributed by atoms with Crippen LogP contribution in [0.4, 0.5) is 5.69 Å². The molecule has 0 aliphatic carbocycles. The second kappa shape index (κ2) is 8.22. The Hall–Kier alpha value is -3.19. The van der Waals surface area contributed by atoms with Gasteiger partial charge in [0.2, 0.25) is 0 Å². The third-order valence-corrected chi connectivity index (χ3v) is 4.82. The van der Waals surface area contributed by atoms with E-state index in [-0.39, 0.29) is 12.5 Å². The van der Waals surface area contributed by atoms with Gasteiger partial charge in [0.15, 0.2) is 0 Å². The topological polar surface area (TPSA) is 71.8 Å². The maximum absolute atomic E-state index is 12.3. The van der Waals surface area contributed by atoms with Gasteiger partial charge in [-0.05, 0) is 36.8 Å². The molecule has 1 aromatic heterocycles. The molecule has 1 aliphatic heterocycles. The Balaban J connectivity index is 1.35. The van der Waals surface area contributed by atoms with Gasteiger partial charge in [-0.2, -0.15) is 5.10 Å². The standard InChI is InChI=1S/C21H23N5O2/c1-16-23-19-4-2-3-5-20(19)26(16)15-21(27)24-22-14-17-6-8-18(9-7-17)25-10-12-28-13-11-25/h2-9,14H,10-13,15H2,1H3,(H,24,27)/b22-14-. The number of para-hydroxylation sites is 2. The third-order valence-electron chi connectivity index (χ3n) is 4.82. The normalized spacial score (nSPS) is 14.7. The summed E-state index contributed by atoms with van der Waals surface area (Å²) < 4.78 is 7.27. The lowest BCUT2D eigenvalue weighted by Crippen LogP contribution is -2.36. The van der Waals surface area contributed by atoms with Crippen molar-refractivity contribution in [2.45, 2.75) is 13.5 Å². The monoisotopic (exact) mass is 377 g/mol. The molecule has 1 fully saturated rings. The lowest BCUT2D eigenvalue weighted by molar-refractivity contribution is -0.121. The minimum atomic E-state index is -0.188. The number of anilines is 1. The molecular weight excluding hydrogens is 354 g/mol. The van der Waals surface area contributed by atoms with Crippen LogP contribution < -0.4 is 10.3 Å². The molecular formula is C21H23N5O2. The van der Waals surface area contributed by atoms with Crippen molar-refractivity contribution in [1.29, 1.82) is 0 Å². The first-order valence-electron chi connectivity index (χ1n) is 9.37. The second-order valence-corrected chi connectivity index (χ2v) is 6.72. The number of nitrogens with zero attached hydrogens (tertiary/aromatic N) is 4. The van der Waals surface area contributed by atoms with Crippen LogP contribution in [0, 0.1) is 6.92 Å². The van der Waals surface area contributed by atoms with Crippen molar-refractivity contribution in [2.75, 3.05) is 31.2 Å². The first-order valence-corrected chi connectivity index (χ1v) is 9.37. The van der Waals surface area contributed by atoms with E-state index >= 15 is 0 Å². The lowest BCUT2D eigenvalue weighted by atomic mass is 10.2. The highest BCUT2D eigenvalue weighted by atomic mass is 16.5. The van der Waals surface area contributed by atoms with Crippen molar-refractivity contribution in [3.8, 4) is 0 Å². The number of fused-ring (bicyclic) bond motifs is 1. The maximum Gasteiger partial charge on any atom is 0.260 e. The number of aromatic nitrogens is 2. The fourth-order valence-electron chi connectivity index (χ4n) is 3.35. The Morgan fingerprint density at radius 2 is 1.93 bits per heavy atom. The van der Waals surface area contributed by atoms with Crippen LogP contribution in [0.15, 0.2) is 53.6 Å². The molecule has 0 bridgehead atoms. The van der Waals surface area contributed by atoms with E-state index in [9.17, 15) is 4.79 Å². The number of hydrazone groups is 1. The van der Waals surface area contributed by atoms with E-state index < -0.39 is 0 Å². The van der Waals surface area contributed by atoms with Crippen LogP contribution >= 0.6 is 0 Å². The first-order chi connectivity index (χ1) is 13.7. The molecule has 144 valence electrons. The van der Waals surface area contributed by atoms with Crippen molar-refractivity contribution < 1.29 is 9.53 Å². The van der Waals surface area contributed by atoms with E-state index in [1.807, 2.05) is 47.9 Å². The van der Waals surface area contributed by atoms with Gasteiger partial charge in [-0.15, -0.1) is 0 Å². The number of nitrogens with one attached hydrogen (secondary N) is 1. The molecule has 1 saturated heterocycles. The van der Waals surface area contributed by atoms with E-state index in [2.05, 4.69) is 32.5 Å². The van der Waals surface area contributed by atoms with E-state index in [0.29, 0.717) is 0 Å². The van der Waals surface area contributed by atoms with E-state index in [1.165, 1.54) is 5.69 Å². The Morgan fingerprint density at radius 3 is 2.71 bits per heavy atom. The number of amides is 1. The molecule has 0 unspecified atom stereocenters. The molecule has 4 rings (SSSR count). The van der Waals surface area contributed by atoms with Gasteiger partial charge in [0.25, 0.3) is 5.91 Å². The molecule has 7 nitrogen and oxygen atoms in total. The number of benzene rings is 2. The molecule has 0 radical (unpaired) electrons. The van der Waals surface area contributed by atoms with E-state index in [0.717, 1.165) is 48.7 Å². The SMILES string of the molecule is Cc1nc2ccccc2n1CC(=O)N/N=C\c1ccc(N2CCOCC2)cc1. The predicted molar refractivity (Wildman–Crippen MR) is 110 cm³/mol. The summed E-state index contributed by atoms with van der Waals surface area (Å²) in [6.45, 7) is 5.42. The number of hydrogen-bond donors (Lipinski definition) is 1. The Bertz CT molecular complexity index is 988. The number of imidazole rings is 1. The number of rotatable bonds is 5. The van der Waals surface area contributed by atoms with Crippen molar-refractivity contribution >= 4 is 28.8 Å². The molecule has 2 heterocycles. The molecule has 28 heavy (non-hydrogen) atoms. The van der Waals surface area contributed by atoms with Crippen molar-refractivity contribution in [3.05, 3.63) is 59.9 Å². The first kappa shape index (κ1) is 18.2. The number of ether oxygens (including phenoxy) is 1. The van der Waals surface area contributed by atoms with Gasteiger partial charge in [0, 0.05) is 18.8 Å². The van der Waals surface area contributed by atoms with Gasteiger partial charge >= 0.3 is 0 Å². The quantitative estimate of drug-likeness (QED) is 0.547. The summed E-state index contributed by atoms with van der Waals surface area (Å²) in [4.78, 5) is 19.0. The number of carbonyl (C=O) groups excluding carboxylic acids is 1. The van der Waals surface area contributed by atoms with Gasteiger partial charge in [0.05, 0.1) is 30.5 Å². The molecule has 1 N–H and O–H groups in total. The van der Waals surface area contributed by atoms with Gasteiger partial charge in [0.1, 0.15) is 12.4 Å². The molecule has 7 heteroatoms. The van der Waals surface area contributed by atoms with Crippen LogP contribution in [0.1, 0.15) is 11.4 Å². The number of aryl methyl sites for hydroxylation is 1. The van der Waals surface area contributed by atoms with Gasteiger partial charge in [-0.1, -0.05) is 24.3 Å². The zero-order valence-electron chi connectivity index (χ0n) is 15.8. The van der Waals surface area contributed by atoms with E-state index in [4.69, 9.17) is 4.74 Å². The van der Waals surface area contributed by atoms with Crippen LogP contribution in [0.2, 0.25) is 0 Å². The Morgan fingerprint density at radius 1 is 1.18 bits per heavy atom. The second-order valence-electron chi connectivity index (χ2n) is 6.72. The summed E-state index contributed by atoms with van der Waals surface area (Å²) in [5, 5.41) is 4.08. The van der Waals surface area contributed by atoms with Crippen molar-refractivity contribution in [2.24, 2.45) is 5.10 Å². The number of morpholine rings is 1. The zero-order chi connectivity index (χ0) is 19.3. The molecule has 0 atom stereocenters. The zero-order valence-corrected chi connectivity index (χ0v) is 15.8. The summed E-state index contributed by atoms with van der Waals surface area (Å²) in [7, 11) is 0. The average Bonchev–Trinajstić information content (AvgIpc) is 3.04. The van der Waals surface area contributed by atoms with Crippen LogP contribution in [0.5, 0.6) is 0 Å². The molecule has 0 spiro atoms.